The fraction of sp³-hybridized carbons (Fsp3) is 0.333. The molecule has 3 aromatic heterocycles. The lowest BCUT2D eigenvalue weighted by molar-refractivity contribution is 0.0790. The maximum absolute atomic E-state index is 12.8. The molecule has 4 aromatic rings. The van der Waals surface area contributed by atoms with Crippen LogP contribution < -0.4 is 10.2 Å². The molecule has 1 saturated carbocycles. The molecule has 4 heterocycles. The van der Waals surface area contributed by atoms with Crippen LogP contribution in [0.5, 0.6) is 0 Å². The Balaban J connectivity index is 1.19. The average molecular weight is 558 g/mol. The topological polar surface area (TPSA) is 125 Å². The minimum Gasteiger partial charge on any atom is -0.392 e. The highest BCUT2D eigenvalue weighted by atomic mass is 32.2. The van der Waals surface area contributed by atoms with Crippen LogP contribution in [0.15, 0.2) is 65.7 Å². The lowest BCUT2D eigenvalue weighted by Crippen LogP contribution is -2.45. The first kappa shape index (κ1) is 26.3. The summed E-state index contributed by atoms with van der Waals surface area (Å²) >= 11 is 0. The Morgan fingerprint density at radius 3 is 2.52 bits per heavy atom. The standard InChI is InChI=1S/C30H31N5O4S/c1-18-6-7-19(12-27(18)40(2,38)39)30(37)32-15-23-13-26-20(14-31-23)10-11-25(33-26)24-4-3-5-28(34-24)35-16-21-8-9-22(17-35)29(21)36/h3-7,10-14,21-22,29,36H,8-9,15-17H2,1-2H3,(H,32,37). The van der Waals surface area contributed by atoms with Gasteiger partial charge in [0.05, 0.1) is 40.1 Å². The van der Waals surface area contributed by atoms with Crippen LogP contribution >= 0.6 is 0 Å². The van der Waals surface area contributed by atoms with E-state index in [9.17, 15) is 18.3 Å². The molecule has 2 bridgehead atoms. The number of carbonyl (C=O) groups excluding carboxylic acids is 1. The number of piperidine rings is 1. The second-order valence-electron chi connectivity index (χ2n) is 10.9. The van der Waals surface area contributed by atoms with E-state index in [1.54, 1.807) is 25.3 Å². The number of anilines is 1. The van der Waals surface area contributed by atoms with Gasteiger partial charge in [0.1, 0.15) is 5.82 Å². The number of rotatable bonds is 6. The zero-order chi connectivity index (χ0) is 28.0. The van der Waals surface area contributed by atoms with Gasteiger partial charge in [-0.25, -0.2) is 18.4 Å². The number of carbonyl (C=O) groups is 1. The van der Waals surface area contributed by atoms with Crippen LogP contribution in [0.3, 0.4) is 0 Å². The number of amides is 1. The van der Waals surface area contributed by atoms with E-state index in [1.165, 1.54) is 6.07 Å². The summed E-state index contributed by atoms with van der Waals surface area (Å²) in [6, 6.07) is 16.3. The van der Waals surface area contributed by atoms with Gasteiger partial charge in [0.25, 0.3) is 5.91 Å². The van der Waals surface area contributed by atoms with Gasteiger partial charge in [0.15, 0.2) is 9.84 Å². The summed E-state index contributed by atoms with van der Waals surface area (Å²) in [5.74, 6) is 1.13. The van der Waals surface area contributed by atoms with Gasteiger partial charge < -0.3 is 15.3 Å². The molecule has 2 aliphatic rings. The molecule has 40 heavy (non-hydrogen) atoms. The number of aryl methyl sites for hydroxylation is 1. The van der Waals surface area contributed by atoms with Crippen molar-refractivity contribution in [2.45, 2.75) is 37.3 Å². The number of aromatic nitrogens is 3. The lowest BCUT2D eigenvalue weighted by atomic mass is 9.95. The Morgan fingerprint density at radius 1 is 1.02 bits per heavy atom. The third-order valence-electron chi connectivity index (χ3n) is 8.01. The number of fused-ring (bicyclic) bond motifs is 3. The first-order valence-corrected chi connectivity index (χ1v) is 15.3. The van der Waals surface area contributed by atoms with Gasteiger partial charge in [0.2, 0.25) is 0 Å². The van der Waals surface area contributed by atoms with Crippen molar-refractivity contribution in [3.63, 3.8) is 0 Å². The van der Waals surface area contributed by atoms with Gasteiger partial charge in [-0.05, 0) is 67.8 Å². The van der Waals surface area contributed by atoms with Gasteiger partial charge in [-0.15, -0.1) is 0 Å². The number of hydrogen-bond acceptors (Lipinski definition) is 8. The minimum atomic E-state index is -3.44. The fourth-order valence-corrected chi connectivity index (χ4v) is 6.83. The molecule has 1 saturated heterocycles. The summed E-state index contributed by atoms with van der Waals surface area (Å²) in [4.78, 5) is 29.4. The van der Waals surface area contributed by atoms with Crippen LogP contribution in [0.1, 0.15) is 34.5 Å². The largest absolute Gasteiger partial charge is 0.392 e. The molecule has 1 amide bonds. The third-order valence-corrected chi connectivity index (χ3v) is 9.25. The fourth-order valence-electron chi connectivity index (χ4n) is 5.83. The number of nitrogens with zero attached hydrogens (tertiary/aromatic N) is 4. The SMILES string of the molecule is Cc1ccc(C(=O)NCc2cc3nc(-c4cccc(N5CC6CCC(C5)C6O)n4)ccc3cn2)cc1S(C)(=O)=O. The van der Waals surface area contributed by atoms with Crippen LogP contribution in [0.25, 0.3) is 22.3 Å². The molecule has 10 heteroatoms. The van der Waals surface area contributed by atoms with Crippen LogP contribution in [-0.4, -0.2) is 59.8 Å². The Hall–Kier alpha value is -3.89. The molecule has 9 nitrogen and oxygen atoms in total. The molecule has 0 radical (unpaired) electrons. The molecule has 1 aliphatic carbocycles. The average Bonchev–Trinajstić information content (AvgIpc) is 3.14. The summed E-state index contributed by atoms with van der Waals surface area (Å²) in [5.41, 5.74) is 3.74. The Bertz CT molecular complexity index is 1710. The van der Waals surface area contributed by atoms with Crippen molar-refractivity contribution in [1.29, 1.82) is 0 Å². The van der Waals surface area contributed by atoms with Crippen molar-refractivity contribution >= 4 is 32.5 Å². The van der Waals surface area contributed by atoms with Crippen molar-refractivity contribution in [2.75, 3.05) is 24.2 Å². The van der Waals surface area contributed by atoms with Crippen molar-refractivity contribution < 1.29 is 18.3 Å². The van der Waals surface area contributed by atoms with Crippen molar-refractivity contribution in [3.05, 3.63) is 77.6 Å². The van der Waals surface area contributed by atoms with E-state index in [1.807, 2.05) is 36.4 Å². The Kier molecular flexibility index (Phi) is 6.75. The van der Waals surface area contributed by atoms with Gasteiger partial charge >= 0.3 is 0 Å². The number of benzene rings is 1. The van der Waals surface area contributed by atoms with E-state index in [4.69, 9.17) is 9.97 Å². The summed E-state index contributed by atoms with van der Waals surface area (Å²) in [7, 11) is -3.44. The molecule has 206 valence electrons. The summed E-state index contributed by atoms with van der Waals surface area (Å²) in [5, 5.41) is 14.1. The summed E-state index contributed by atoms with van der Waals surface area (Å²) in [6.07, 6.45) is 4.79. The van der Waals surface area contributed by atoms with E-state index in [0.29, 0.717) is 23.1 Å². The van der Waals surface area contributed by atoms with Crippen LogP contribution in [-0.2, 0) is 16.4 Å². The van der Waals surface area contributed by atoms with Crippen LogP contribution in [0, 0.1) is 18.8 Å². The Morgan fingerprint density at radius 2 is 1.77 bits per heavy atom. The van der Waals surface area contributed by atoms with Gasteiger partial charge in [-0.3, -0.25) is 9.78 Å². The highest BCUT2D eigenvalue weighted by molar-refractivity contribution is 7.90. The highest BCUT2D eigenvalue weighted by Gasteiger charge is 2.41. The van der Waals surface area contributed by atoms with E-state index >= 15 is 0 Å². The highest BCUT2D eigenvalue weighted by Crippen LogP contribution is 2.38. The second-order valence-corrected chi connectivity index (χ2v) is 12.9. The molecular weight excluding hydrogens is 526 g/mol. The Labute approximate surface area is 233 Å². The van der Waals surface area contributed by atoms with Crippen molar-refractivity contribution in [1.82, 2.24) is 20.3 Å². The van der Waals surface area contributed by atoms with E-state index in [-0.39, 0.29) is 29.0 Å². The maximum atomic E-state index is 12.8. The smallest absolute Gasteiger partial charge is 0.251 e. The van der Waals surface area contributed by atoms with Crippen LogP contribution in [0.2, 0.25) is 0 Å². The maximum Gasteiger partial charge on any atom is 0.251 e. The zero-order valence-electron chi connectivity index (χ0n) is 22.4. The molecular formula is C30H31N5O4S. The van der Waals surface area contributed by atoms with Crippen molar-refractivity contribution in [3.8, 4) is 11.4 Å². The number of hydrogen-bond donors (Lipinski definition) is 2. The second kappa shape index (κ2) is 10.3. The van der Waals surface area contributed by atoms with E-state index in [2.05, 4.69) is 15.2 Å². The number of sulfone groups is 1. The molecule has 1 aromatic carbocycles. The number of aliphatic hydroxyl groups excluding tert-OH is 1. The van der Waals surface area contributed by atoms with Crippen molar-refractivity contribution in [2.24, 2.45) is 11.8 Å². The first-order chi connectivity index (χ1) is 19.2. The summed E-state index contributed by atoms with van der Waals surface area (Å²) < 4.78 is 24.1. The molecule has 2 N–H and O–H groups in total. The number of aliphatic hydroxyl groups is 1. The number of nitrogens with one attached hydrogen (secondary N) is 1. The molecule has 0 spiro atoms. The van der Waals surface area contributed by atoms with E-state index in [0.717, 1.165) is 60.3 Å². The molecule has 1 aliphatic heterocycles. The van der Waals surface area contributed by atoms with Gasteiger partial charge in [0, 0.05) is 48.3 Å². The lowest BCUT2D eigenvalue weighted by Gasteiger charge is -2.36. The summed E-state index contributed by atoms with van der Waals surface area (Å²) in [6.45, 7) is 3.50. The normalized spacial score (nSPS) is 20.6. The van der Waals surface area contributed by atoms with Gasteiger partial charge in [-0.1, -0.05) is 12.1 Å². The van der Waals surface area contributed by atoms with Crippen LogP contribution in [0.4, 0.5) is 5.82 Å². The molecule has 2 fully saturated rings. The third kappa shape index (κ3) is 5.16. The first-order valence-electron chi connectivity index (χ1n) is 13.4. The molecule has 2 atom stereocenters. The zero-order valence-corrected chi connectivity index (χ0v) is 23.2. The molecule has 6 rings (SSSR count). The predicted octanol–water partition coefficient (Wildman–Crippen LogP) is 3.54. The predicted molar refractivity (Wildman–Crippen MR) is 153 cm³/mol. The minimum absolute atomic E-state index is 0.142. The van der Waals surface area contributed by atoms with E-state index < -0.39 is 9.84 Å². The quantitative estimate of drug-likeness (QED) is 0.369. The number of pyridine rings is 3. The van der Waals surface area contributed by atoms with Gasteiger partial charge in [-0.2, -0.15) is 0 Å². The monoisotopic (exact) mass is 557 g/mol. The molecule has 2 unspecified atom stereocenters.